The van der Waals surface area contributed by atoms with Crippen LogP contribution in [-0.2, 0) is 16.7 Å². The molecule has 27 heavy (non-hydrogen) atoms. The summed E-state index contributed by atoms with van der Waals surface area (Å²) < 4.78 is 31.2. The minimum absolute atomic E-state index is 0.103. The van der Waals surface area contributed by atoms with Crippen LogP contribution in [-0.4, -0.2) is 13.0 Å². The van der Waals surface area contributed by atoms with E-state index in [9.17, 15) is 8.42 Å². The highest BCUT2D eigenvalue weighted by molar-refractivity contribution is 7.85. The summed E-state index contributed by atoms with van der Waals surface area (Å²) in [6.07, 6.45) is 3.88. The molecule has 2 N–H and O–H groups in total. The fourth-order valence-corrected chi connectivity index (χ4v) is 3.82. The third kappa shape index (κ3) is 3.85. The monoisotopic (exact) mass is 377 g/mol. The average Bonchev–Trinajstić information content (AvgIpc) is 3.11. The molecule has 0 amide bonds. The van der Waals surface area contributed by atoms with Gasteiger partial charge in [-0.3, -0.25) is 4.55 Å². The molecular weight excluding hydrogens is 358 g/mol. The SMILES string of the molecule is O=S(=O)(O)c1ccc(/C=C/c2ccc(C3NCc4ccccc43)cc2)cc1. The number of nitrogens with one attached hydrogen (secondary N) is 1. The van der Waals surface area contributed by atoms with Gasteiger partial charge in [0.2, 0.25) is 0 Å². The van der Waals surface area contributed by atoms with E-state index in [1.54, 1.807) is 12.1 Å². The fourth-order valence-electron chi connectivity index (χ4n) is 3.34. The number of hydrogen-bond acceptors (Lipinski definition) is 3. The van der Waals surface area contributed by atoms with Gasteiger partial charge in [0, 0.05) is 6.54 Å². The van der Waals surface area contributed by atoms with E-state index in [0.29, 0.717) is 0 Å². The first-order valence-electron chi connectivity index (χ1n) is 8.67. The zero-order valence-corrected chi connectivity index (χ0v) is 15.4. The summed E-state index contributed by atoms with van der Waals surface area (Å²) in [5.74, 6) is 0. The Bertz CT molecular complexity index is 1090. The quantitative estimate of drug-likeness (QED) is 0.526. The Labute approximate surface area is 158 Å². The molecule has 0 aromatic heterocycles. The Hall–Kier alpha value is -2.73. The summed E-state index contributed by atoms with van der Waals surface area (Å²) in [6, 6.07) is 23.2. The standard InChI is InChI=1S/C22H19NO3S/c24-27(25,26)20-13-9-17(10-14-20)6-5-16-7-11-18(12-8-16)22-21-4-2-1-3-19(21)15-23-22/h1-14,22-23H,15H2,(H,24,25,26)/b6-5+. The van der Waals surface area contributed by atoms with E-state index in [-0.39, 0.29) is 10.9 Å². The van der Waals surface area contributed by atoms with Crippen molar-refractivity contribution >= 4 is 22.3 Å². The van der Waals surface area contributed by atoms with E-state index >= 15 is 0 Å². The molecule has 136 valence electrons. The van der Waals surface area contributed by atoms with E-state index in [4.69, 9.17) is 4.55 Å². The zero-order chi connectivity index (χ0) is 18.9. The van der Waals surface area contributed by atoms with Gasteiger partial charge >= 0.3 is 0 Å². The Morgan fingerprint density at radius 1 is 0.852 bits per heavy atom. The summed E-state index contributed by atoms with van der Waals surface area (Å²) in [6.45, 7) is 0.891. The van der Waals surface area contributed by atoms with Gasteiger partial charge in [-0.05, 0) is 39.9 Å². The Morgan fingerprint density at radius 3 is 2.07 bits per heavy atom. The highest BCUT2D eigenvalue weighted by atomic mass is 32.2. The van der Waals surface area contributed by atoms with Crippen LogP contribution in [0.3, 0.4) is 0 Å². The Morgan fingerprint density at radius 2 is 1.44 bits per heavy atom. The summed E-state index contributed by atoms with van der Waals surface area (Å²) in [4.78, 5) is -0.103. The van der Waals surface area contributed by atoms with Crippen LogP contribution in [0.2, 0.25) is 0 Å². The van der Waals surface area contributed by atoms with Crippen molar-refractivity contribution in [2.45, 2.75) is 17.5 Å². The molecule has 1 unspecified atom stereocenters. The Kier molecular flexibility index (Phi) is 4.66. The summed E-state index contributed by atoms with van der Waals surface area (Å²) in [5, 5.41) is 3.55. The van der Waals surface area contributed by atoms with Gasteiger partial charge in [-0.1, -0.05) is 72.8 Å². The third-order valence-corrected chi connectivity index (χ3v) is 5.65. The lowest BCUT2D eigenvalue weighted by Crippen LogP contribution is -2.13. The summed E-state index contributed by atoms with van der Waals surface area (Å²) in [5.41, 5.74) is 5.83. The van der Waals surface area contributed by atoms with Gasteiger partial charge in [-0.25, -0.2) is 0 Å². The van der Waals surface area contributed by atoms with Gasteiger partial charge in [0.05, 0.1) is 10.9 Å². The highest BCUT2D eigenvalue weighted by Crippen LogP contribution is 2.30. The predicted octanol–water partition coefficient (Wildman–Crippen LogP) is 4.30. The largest absolute Gasteiger partial charge is 0.302 e. The molecule has 0 fully saturated rings. The molecule has 0 saturated carbocycles. The van der Waals surface area contributed by atoms with Crippen LogP contribution in [0, 0.1) is 0 Å². The molecule has 0 saturated heterocycles. The lowest BCUT2D eigenvalue weighted by atomic mass is 9.97. The van der Waals surface area contributed by atoms with Crippen LogP contribution < -0.4 is 5.32 Å². The highest BCUT2D eigenvalue weighted by Gasteiger charge is 2.22. The maximum Gasteiger partial charge on any atom is 0.294 e. The average molecular weight is 377 g/mol. The normalized spacial score (nSPS) is 16.6. The van der Waals surface area contributed by atoms with Crippen LogP contribution in [0.1, 0.15) is 33.9 Å². The molecule has 1 aliphatic heterocycles. The van der Waals surface area contributed by atoms with Gasteiger partial charge in [0.15, 0.2) is 0 Å². The second-order valence-electron chi connectivity index (χ2n) is 6.56. The van der Waals surface area contributed by atoms with Crippen molar-refractivity contribution in [1.29, 1.82) is 0 Å². The minimum Gasteiger partial charge on any atom is -0.302 e. The minimum atomic E-state index is -4.15. The van der Waals surface area contributed by atoms with Crippen LogP contribution in [0.4, 0.5) is 0 Å². The second kappa shape index (κ2) is 7.12. The van der Waals surface area contributed by atoms with Crippen molar-refractivity contribution in [1.82, 2.24) is 5.32 Å². The van der Waals surface area contributed by atoms with Crippen molar-refractivity contribution in [3.05, 3.63) is 101 Å². The molecule has 4 rings (SSSR count). The van der Waals surface area contributed by atoms with Crippen molar-refractivity contribution in [3.8, 4) is 0 Å². The molecule has 4 nitrogen and oxygen atoms in total. The van der Waals surface area contributed by atoms with Gasteiger partial charge in [-0.2, -0.15) is 8.42 Å². The van der Waals surface area contributed by atoms with E-state index in [1.165, 1.54) is 28.8 Å². The molecule has 3 aromatic rings. The van der Waals surface area contributed by atoms with Crippen molar-refractivity contribution in [3.63, 3.8) is 0 Å². The fraction of sp³-hybridized carbons (Fsp3) is 0.0909. The van der Waals surface area contributed by atoms with E-state index in [1.807, 2.05) is 12.2 Å². The predicted molar refractivity (Wildman–Crippen MR) is 107 cm³/mol. The zero-order valence-electron chi connectivity index (χ0n) is 14.5. The molecule has 3 aromatic carbocycles. The lowest BCUT2D eigenvalue weighted by Gasteiger charge is -2.12. The maximum atomic E-state index is 11.1. The number of fused-ring (bicyclic) bond motifs is 1. The Balaban J connectivity index is 1.49. The number of benzene rings is 3. The topological polar surface area (TPSA) is 66.4 Å². The lowest BCUT2D eigenvalue weighted by molar-refractivity contribution is 0.483. The smallest absolute Gasteiger partial charge is 0.294 e. The second-order valence-corrected chi connectivity index (χ2v) is 7.98. The molecule has 5 heteroatoms. The molecule has 0 spiro atoms. The summed E-state index contributed by atoms with van der Waals surface area (Å²) >= 11 is 0. The molecule has 1 aliphatic rings. The third-order valence-electron chi connectivity index (χ3n) is 4.78. The molecule has 0 radical (unpaired) electrons. The van der Waals surface area contributed by atoms with Gasteiger partial charge in [0.1, 0.15) is 0 Å². The van der Waals surface area contributed by atoms with Crippen molar-refractivity contribution in [2.75, 3.05) is 0 Å². The van der Waals surface area contributed by atoms with E-state index in [2.05, 4.69) is 53.8 Å². The van der Waals surface area contributed by atoms with E-state index in [0.717, 1.165) is 17.7 Å². The van der Waals surface area contributed by atoms with Crippen LogP contribution in [0.25, 0.3) is 12.2 Å². The molecule has 1 atom stereocenters. The maximum absolute atomic E-state index is 11.1. The van der Waals surface area contributed by atoms with Crippen LogP contribution in [0.5, 0.6) is 0 Å². The number of hydrogen-bond donors (Lipinski definition) is 2. The molecule has 1 heterocycles. The van der Waals surface area contributed by atoms with Gasteiger partial charge in [-0.15, -0.1) is 0 Å². The first-order chi connectivity index (χ1) is 13.0. The van der Waals surface area contributed by atoms with Crippen LogP contribution >= 0.6 is 0 Å². The summed E-state index contributed by atoms with van der Waals surface area (Å²) in [7, 11) is -4.15. The van der Waals surface area contributed by atoms with Crippen molar-refractivity contribution in [2.24, 2.45) is 0 Å². The molecule has 0 bridgehead atoms. The molecule has 0 aliphatic carbocycles. The molecular formula is C22H19NO3S. The van der Waals surface area contributed by atoms with Crippen molar-refractivity contribution < 1.29 is 13.0 Å². The first kappa shape index (κ1) is 17.7. The first-order valence-corrected chi connectivity index (χ1v) is 10.1. The van der Waals surface area contributed by atoms with Gasteiger partial charge < -0.3 is 5.32 Å². The van der Waals surface area contributed by atoms with E-state index < -0.39 is 10.1 Å². The van der Waals surface area contributed by atoms with Gasteiger partial charge in [0.25, 0.3) is 10.1 Å². The number of rotatable bonds is 4. The van der Waals surface area contributed by atoms with Crippen LogP contribution in [0.15, 0.2) is 77.7 Å².